The maximum absolute atomic E-state index is 12.6. The number of rotatable bonds is 16. The first-order valence-corrected chi connectivity index (χ1v) is 11.2. The lowest BCUT2D eigenvalue weighted by Gasteiger charge is -2.23. The number of nitrogens with one attached hydrogen (secondary N) is 3. The Bertz CT molecular complexity index is 634. The molecule has 0 spiro atoms. The standard InChI is InChI=1S/C18H33N5O7S/c1-10(15(26)23-13(18(29)30)9-14(24)25)21-17(28)12(6-8-31-2)22-16(27)11(20)5-3-4-7-19/h10-13H,3-9,19-20H2,1-2H3,(H,21,28)(H,22,27)(H,23,26)(H,24,25)(H,29,30). The van der Waals surface area contributed by atoms with Crippen molar-refractivity contribution in [3.8, 4) is 0 Å². The minimum atomic E-state index is -1.64. The number of aliphatic carboxylic acids is 2. The van der Waals surface area contributed by atoms with Crippen molar-refractivity contribution in [3.63, 3.8) is 0 Å². The van der Waals surface area contributed by atoms with Crippen LogP contribution in [-0.4, -0.2) is 82.6 Å². The van der Waals surface area contributed by atoms with E-state index in [1.54, 1.807) is 0 Å². The second-order valence-corrected chi connectivity index (χ2v) is 7.95. The zero-order chi connectivity index (χ0) is 24.0. The number of unbranched alkanes of at least 4 members (excludes halogenated alkanes) is 1. The predicted molar refractivity (Wildman–Crippen MR) is 115 cm³/mol. The molecule has 0 aliphatic carbocycles. The van der Waals surface area contributed by atoms with E-state index in [1.807, 2.05) is 6.26 Å². The summed E-state index contributed by atoms with van der Waals surface area (Å²) in [6, 6.07) is -4.54. The number of carboxylic acid groups (broad SMARTS) is 2. The number of nitrogens with two attached hydrogens (primary N) is 2. The first-order valence-electron chi connectivity index (χ1n) is 9.83. The number of carbonyl (C=O) groups is 5. The lowest BCUT2D eigenvalue weighted by atomic mass is 10.1. The molecule has 178 valence electrons. The third-order valence-corrected chi connectivity index (χ3v) is 4.94. The molecule has 0 aromatic rings. The van der Waals surface area contributed by atoms with E-state index in [0.29, 0.717) is 31.6 Å². The summed E-state index contributed by atoms with van der Waals surface area (Å²) in [4.78, 5) is 58.9. The molecule has 4 atom stereocenters. The molecule has 0 saturated heterocycles. The van der Waals surface area contributed by atoms with Crippen molar-refractivity contribution in [1.82, 2.24) is 16.0 Å². The van der Waals surface area contributed by atoms with E-state index < -0.39 is 60.2 Å². The molecule has 0 fully saturated rings. The van der Waals surface area contributed by atoms with E-state index in [2.05, 4.69) is 16.0 Å². The van der Waals surface area contributed by atoms with E-state index in [0.717, 1.165) is 6.42 Å². The second-order valence-electron chi connectivity index (χ2n) is 6.96. The molecular formula is C18H33N5O7S. The zero-order valence-corrected chi connectivity index (χ0v) is 18.6. The van der Waals surface area contributed by atoms with Gasteiger partial charge < -0.3 is 37.6 Å². The van der Waals surface area contributed by atoms with Crippen LogP contribution in [0.1, 0.15) is 39.0 Å². The molecule has 0 aromatic carbocycles. The third kappa shape index (κ3) is 12.2. The van der Waals surface area contributed by atoms with Crippen molar-refractivity contribution in [1.29, 1.82) is 0 Å². The van der Waals surface area contributed by atoms with E-state index in [-0.39, 0.29) is 0 Å². The maximum Gasteiger partial charge on any atom is 0.326 e. The molecule has 0 aromatic heterocycles. The molecule has 0 bridgehead atoms. The van der Waals surface area contributed by atoms with Crippen LogP contribution in [0, 0.1) is 0 Å². The highest BCUT2D eigenvalue weighted by molar-refractivity contribution is 7.98. The number of thioether (sulfide) groups is 1. The quantitative estimate of drug-likeness (QED) is 0.128. The van der Waals surface area contributed by atoms with Gasteiger partial charge in [-0.05, 0) is 44.7 Å². The molecule has 13 heteroatoms. The van der Waals surface area contributed by atoms with E-state index in [9.17, 15) is 24.0 Å². The third-order valence-electron chi connectivity index (χ3n) is 4.30. The van der Waals surface area contributed by atoms with Crippen LogP contribution in [0.2, 0.25) is 0 Å². The van der Waals surface area contributed by atoms with Gasteiger partial charge in [-0.2, -0.15) is 11.8 Å². The van der Waals surface area contributed by atoms with Gasteiger partial charge in [0.2, 0.25) is 17.7 Å². The minimum absolute atomic E-state index is 0.291. The molecular weight excluding hydrogens is 430 g/mol. The number of carboxylic acids is 2. The highest BCUT2D eigenvalue weighted by atomic mass is 32.2. The van der Waals surface area contributed by atoms with Gasteiger partial charge in [0, 0.05) is 0 Å². The fourth-order valence-electron chi connectivity index (χ4n) is 2.47. The molecule has 3 amide bonds. The summed E-state index contributed by atoms with van der Waals surface area (Å²) in [6.07, 6.45) is 3.13. The smallest absolute Gasteiger partial charge is 0.326 e. The molecule has 0 rings (SSSR count). The van der Waals surface area contributed by atoms with E-state index in [4.69, 9.17) is 21.7 Å². The molecule has 9 N–H and O–H groups in total. The van der Waals surface area contributed by atoms with Crippen LogP contribution in [0.3, 0.4) is 0 Å². The van der Waals surface area contributed by atoms with Crippen LogP contribution in [0.5, 0.6) is 0 Å². The van der Waals surface area contributed by atoms with Gasteiger partial charge in [0.25, 0.3) is 0 Å². The summed E-state index contributed by atoms with van der Waals surface area (Å²) >= 11 is 1.47. The maximum atomic E-state index is 12.6. The monoisotopic (exact) mass is 463 g/mol. The Hall–Kier alpha value is -2.38. The summed E-state index contributed by atoms with van der Waals surface area (Å²) in [5.41, 5.74) is 11.3. The van der Waals surface area contributed by atoms with Crippen molar-refractivity contribution < 1.29 is 34.2 Å². The summed E-state index contributed by atoms with van der Waals surface area (Å²) in [6.45, 7) is 1.81. The lowest BCUT2D eigenvalue weighted by Crippen LogP contribution is -2.56. The van der Waals surface area contributed by atoms with Gasteiger partial charge in [0.1, 0.15) is 18.1 Å². The highest BCUT2D eigenvalue weighted by Crippen LogP contribution is 2.04. The SMILES string of the molecule is CSCCC(NC(=O)C(N)CCCCN)C(=O)NC(C)C(=O)NC(CC(=O)O)C(=O)O. The zero-order valence-electron chi connectivity index (χ0n) is 17.8. The van der Waals surface area contributed by atoms with Gasteiger partial charge in [-0.3, -0.25) is 19.2 Å². The molecule has 31 heavy (non-hydrogen) atoms. The Morgan fingerprint density at radius 1 is 0.903 bits per heavy atom. The average Bonchev–Trinajstić information content (AvgIpc) is 2.69. The molecule has 12 nitrogen and oxygen atoms in total. The fraction of sp³-hybridized carbons (Fsp3) is 0.722. The summed E-state index contributed by atoms with van der Waals surface area (Å²) in [5.74, 6) is -4.35. The van der Waals surface area contributed by atoms with Gasteiger partial charge >= 0.3 is 11.9 Å². The van der Waals surface area contributed by atoms with Crippen LogP contribution < -0.4 is 27.4 Å². The van der Waals surface area contributed by atoms with Gasteiger partial charge in [-0.25, -0.2) is 4.79 Å². The predicted octanol–water partition coefficient (Wildman–Crippen LogP) is -1.77. The molecule has 0 saturated carbocycles. The summed E-state index contributed by atoms with van der Waals surface area (Å²) in [7, 11) is 0. The van der Waals surface area contributed by atoms with Crippen molar-refractivity contribution in [3.05, 3.63) is 0 Å². The molecule has 0 aliphatic heterocycles. The Labute approximate surface area is 185 Å². The Kier molecular flexibility index (Phi) is 14.2. The van der Waals surface area contributed by atoms with Crippen LogP contribution >= 0.6 is 11.8 Å². The number of amides is 3. The Balaban J connectivity index is 4.96. The lowest BCUT2D eigenvalue weighted by molar-refractivity contribution is -0.147. The first-order chi connectivity index (χ1) is 14.5. The molecule has 0 radical (unpaired) electrons. The van der Waals surface area contributed by atoms with E-state index in [1.165, 1.54) is 18.7 Å². The van der Waals surface area contributed by atoms with Crippen LogP contribution in [0.25, 0.3) is 0 Å². The van der Waals surface area contributed by atoms with Crippen molar-refractivity contribution in [2.75, 3.05) is 18.6 Å². The topological polar surface area (TPSA) is 214 Å². The molecule has 4 unspecified atom stereocenters. The van der Waals surface area contributed by atoms with Gasteiger partial charge in [-0.1, -0.05) is 6.42 Å². The van der Waals surface area contributed by atoms with Gasteiger partial charge in [0.15, 0.2) is 0 Å². The number of hydrogen-bond donors (Lipinski definition) is 7. The number of carbonyl (C=O) groups excluding carboxylic acids is 3. The van der Waals surface area contributed by atoms with E-state index >= 15 is 0 Å². The summed E-state index contributed by atoms with van der Waals surface area (Å²) in [5, 5.41) is 24.8. The molecule has 0 aliphatic rings. The van der Waals surface area contributed by atoms with Crippen molar-refractivity contribution in [2.45, 2.75) is 63.2 Å². The van der Waals surface area contributed by atoms with Crippen LogP contribution in [0.15, 0.2) is 0 Å². The molecule has 0 heterocycles. The largest absolute Gasteiger partial charge is 0.481 e. The van der Waals surface area contributed by atoms with Gasteiger partial charge in [0.05, 0.1) is 12.5 Å². The van der Waals surface area contributed by atoms with Crippen LogP contribution in [-0.2, 0) is 24.0 Å². The Morgan fingerprint density at radius 2 is 1.52 bits per heavy atom. The van der Waals surface area contributed by atoms with Crippen LogP contribution in [0.4, 0.5) is 0 Å². The Morgan fingerprint density at radius 3 is 2.03 bits per heavy atom. The van der Waals surface area contributed by atoms with Crippen molar-refractivity contribution >= 4 is 41.4 Å². The minimum Gasteiger partial charge on any atom is -0.481 e. The van der Waals surface area contributed by atoms with Crippen molar-refractivity contribution in [2.24, 2.45) is 11.5 Å². The second kappa shape index (κ2) is 15.4. The highest BCUT2D eigenvalue weighted by Gasteiger charge is 2.29. The first kappa shape index (κ1) is 28.6. The average molecular weight is 464 g/mol. The summed E-state index contributed by atoms with van der Waals surface area (Å²) < 4.78 is 0. The van der Waals surface area contributed by atoms with Gasteiger partial charge in [-0.15, -0.1) is 0 Å². The number of hydrogen-bond acceptors (Lipinski definition) is 8. The normalized spacial score (nSPS) is 14.6. The fourth-order valence-corrected chi connectivity index (χ4v) is 2.95.